The average Bonchev–Trinajstić information content (AvgIpc) is 2.18. The zero-order valence-corrected chi connectivity index (χ0v) is 5.83. The molecule has 0 aliphatic heterocycles. The monoisotopic (exact) mass is 145 g/mol. The van der Waals surface area contributed by atoms with Gasteiger partial charge in [-0.1, -0.05) is 11.5 Å². The smallest absolute Gasteiger partial charge is 0.263 e. The van der Waals surface area contributed by atoms with E-state index in [1.165, 1.54) is 11.5 Å². The molecule has 4 heteroatoms. The summed E-state index contributed by atoms with van der Waals surface area (Å²) >= 11 is 1.29. The molecule has 9 heavy (non-hydrogen) atoms. The second kappa shape index (κ2) is 2.80. The Balaban J connectivity index is 2.81. The summed E-state index contributed by atoms with van der Waals surface area (Å²) in [6.07, 6.45) is 0. The number of rotatable bonds is 2. The van der Waals surface area contributed by atoms with Gasteiger partial charge in [-0.25, -0.2) is 0 Å². The molecule has 1 rings (SSSR count). The zero-order chi connectivity index (χ0) is 6.69. The van der Waals surface area contributed by atoms with Gasteiger partial charge in [0, 0.05) is 12.5 Å². The van der Waals surface area contributed by atoms with Crippen LogP contribution in [0.15, 0.2) is 10.2 Å². The van der Waals surface area contributed by atoms with Crippen LogP contribution < -0.4 is 5.56 Å². The highest BCUT2D eigenvalue weighted by molar-refractivity contribution is 7.03. The second-order valence-corrected chi connectivity index (χ2v) is 2.30. The van der Waals surface area contributed by atoms with Crippen LogP contribution in [-0.4, -0.2) is 11.5 Å². The van der Waals surface area contributed by atoms with Gasteiger partial charge in [0.25, 0.3) is 5.56 Å². The van der Waals surface area contributed by atoms with Crippen molar-refractivity contribution in [2.24, 2.45) is 0 Å². The average molecular weight is 145 g/mol. The molecule has 0 bridgehead atoms. The molecule has 0 unspecified atom stereocenters. The summed E-state index contributed by atoms with van der Waals surface area (Å²) in [7, 11) is 1.57. The van der Waals surface area contributed by atoms with Crippen LogP contribution in [0.5, 0.6) is 0 Å². The maximum Gasteiger partial charge on any atom is 0.263 e. The molecule has 1 aromatic heterocycles. The summed E-state index contributed by atoms with van der Waals surface area (Å²) in [4.78, 5) is 10.7. The summed E-state index contributed by atoms with van der Waals surface area (Å²) in [5, 5.41) is 1.76. The third kappa shape index (κ3) is 1.40. The van der Waals surface area contributed by atoms with Gasteiger partial charge in [0.2, 0.25) is 0 Å². The van der Waals surface area contributed by atoms with Crippen molar-refractivity contribution in [3.8, 4) is 0 Å². The van der Waals surface area contributed by atoms with Gasteiger partial charge in [0.05, 0.1) is 12.2 Å². The molecule has 0 saturated carbocycles. The van der Waals surface area contributed by atoms with Gasteiger partial charge >= 0.3 is 0 Å². The first kappa shape index (κ1) is 6.51. The predicted molar refractivity (Wildman–Crippen MR) is 35.7 cm³/mol. The first-order valence-corrected chi connectivity index (χ1v) is 3.36. The van der Waals surface area contributed by atoms with E-state index >= 15 is 0 Å². The van der Waals surface area contributed by atoms with E-state index in [1.54, 1.807) is 12.5 Å². The molecular formula is C5H7NO2S. The van der Waals surface area contributed by atoms with E-state index < -0.39 is 0 Å². The number of aromatic nitrogens is 1. The molecule has 1 heterocycles. The van der Waals surface area contributed by atoms with Crippen molar-refractivity contribution in [3.63, 3.8) is 0 Å². The highest BCUT2D eigenvalue weighted by atomic mass is 32.1. The topological polar surface area (TPSA) is 42.1 Å². The largest absolute Gasteiger partial charge is 0.380 e. The number of nitrogens with one attached hydrogen (secondary N) is 1. The Kier molecular flexibility index (Phi) is 2.02. The lowest BCUT2D eigenvalue weighted by Crippen LogP contribution is -2.04. The minimum atomic E-state index is -0.0400. The molecule has 0 aliphatic rings. The van der Waals surface area contributed by atoms with E-state index in [1.807, 2.05) is 0 Å². The normalized spacial score (nSPS) is 9.89. The molecule has 0 spiro atoms. The van der Waals surface area contributed by atoms with Crippen LogP contribution in [0, 0.1) is 0 Å². The van der Waals surface area contributed by atoms with E-state index in [-0.39, 0.29) is 5.56 Å². The lowest BCUT2D eigenvalue weighted by atomic mass is 10.4. The van der Waals surface area contributed by atoms with Gasteiger partial charge in [-0.05, 0) is 0 Å². The molecule has 0 radical (unpaired) electrons. The molecule has 0 aromatic carbocycles. The molecule has 0 atom stereocenters. The van der Waals surface area contributed by atoms with Crippen molar-refractivity contribution in [2.75, 3.05) is 7.11 Å². The molecule has 0 amide bonds. The highest BCUT2D eigenvalue weighted by Crippen LogP contribution is 1.95. The van der Waals surface area contributed by atoms with Crippen LogP contribution in [-0.2, 0) is 11.3 Å². The number of hydrogen-bond donors (Lipinski definition) is 1. The minimum Gasteiger partial charge on any atom is -0.380 e. The molecule has 1 aromatic rings. The number of hydrogen-bond acceptors (Lipinski definition) is 3. The van der Waals surface area contributed by atoms with E-state index in [4.69, 9.17) is 4.74 Å². The Labute approximate surface area is 56.4 Å². The van der Waals surface area contributed by atoms with E-state index in [2.05, 4.69) is 4.37 Å². The minimum absolute atomic E-state index is 0.0400. The van der Waals surface area contributed by atoms with Crippen LogP contribution in [0.3, 0.4) is 0 Å². The summed E-state index contributed by atoms with van der Waals surface area (Å²) in [6, 6.07) is 0. The Hall–Kier alpha value is -0.610. The first-order valence-electron chi connectivity index (χ1n) is 2.48. The van der Waals surface area contributed by atoms with Gasteiger partial charge in [-0.2, -0.15) is 0 Å². The molecule has 0 fully saturated rings. The fourth-order valence-electron chi connectivity index (χ4n) is 0.528. The van der Waals surface area contributed by atoms with Crippen molar-refractivity contribution in [2.45, 2.75) is 6.61 Å². The molecule has 0 saturated heterocycles. The Morgan fingerprint density at radius 2 is 2.67 bits per heavy atom. The summed E-state index contributed by atoms with van der Waals surface area (Å²) in [6.45, 7) is 0.402. The van der Waals surface area contributed by atoms with Gasteiger partial charge in [-0.15, -0.1) is 0 Å². The van der Waals surface area contributed by atoms with Crippen molar-refractivity contribution in [3.05, 3.63) is 21.3 Å². The quantitative estimate of drug-likeness (QED) is 0.661. The molecule has 0 aliphatic carbocycles. The standard InChI is InChI=1S/C5H7NO2S/c1-8-2-4-3-9-6-5(4)7/h3H,2H2,1H3,(H,6,7). The zero-order valence-electron chi connectivity index (χ0n) is 5.01. The van der Waals surface area contributed by atoms with Gasteiger partial charge in [0.1, 0.15) is 0 Å². The summed E-state index contributed by atoms with van der Waals surface area (Å²) < 4.78 is 7.31. The lowest BCUT2D eigenvalue weighted by molar-refractivity contribution is 0.184. The molecule has 1 N–H and O–H groups in total. The predicted octanol–water partition coefficient (Wildman–Crippen LogP) is 0.583. The van der Waals surface area contributed by atoms with Crippen molar-refractivity contribution in [1.29, 1.82) is 0 Å². The number of methoxy groups -OCH3 is 1. The Morgan fingerprint density at radius 1 is 1.89 bits per heavy atom. The van der Waals surface area contributed by atoms with Crippen LogP contribution in [0.2, 0.25) is 0 Å². The lowest BCUT2D eigenvalue weighted by Gasteiger charge is -1.87. The van der Waals surface area contributed by atoms with Gasteiger partial charge < -0.3 is 4.74 Å². The van der Waals surface area contributed by atoms with Gasteiger partial charge in [0.15, 0.2) is 0 Å². The number of aromatic amines is 1. The van der Waals surface area contributed by atoms with Crippen LogP contribution in [0.4, 0.5) is 0 Å². The van der Waals surface area contributed by atoms with Crippen molar-refractivity contribution >= 4 is 11.5 Å². The third-order valence-corrected chi connectivity index (χ3v) is 1.65. The van der Waals surface area contributed by atoms with E-state index in [9.17, 15) is 4.79 Å². The maximum absolute atomic E-state index is 10.7. The van der Waals surface area contributed by atoms with Crippen LogP contribution >= 0.6 is 11.5 Å². The fraction of sp³-hybridized carbons (Fsp3) is 0.400. The summed E-state index contributed by atoms with van der Waals surface area (Å²) in [5.74, 6) is 0. The van der Waals surface area contributed by atoms with Crippen LogP contribution in [0.1, 0.15) is 5.56 Å². The first-order chi connectivity index (χ1) is 4.34. The maximum atomic E-state index is 10.7. The van der Waals surface area contributed by atoms with Crippen molar-refractivity contribution in [1.82, 2.24) is 4.37 Å². The highest BCUT2D eigenvalue weighted by Gasteiger charge is 1.96. The summed E-state index contributed by atoms with van der Waals surface area (Å²) in [5.41, 5.74) is 0.657. The molecule has 50 valence electrons. The third-order valence-electron chi connectivity index (χ3n) is 0.944. The molecule has 3 nitrogen and oxygen atoms in total. The Morgan fingerprint density at radius 3 is 3.11 bits per heavy atom. The number of ether oxygens (including phenoxy) is 1. The fourth-order valence-corrected chi connectivity index (χ4v) is 1.14. The molecular weight excluding hydrogens is 138 g/mol. The van der Waals surface area contributed by atoms with E-state index in [0.717, 1.165) is 0 Å². The number of H-pyrrole nitrogens is 1. The second-order valence-electron chi connectivity index (χ2n) is 1.63. The van der Waals surface area contributed by atoms with Gasteiger partial charge in [-0.3, -0.25) is 9.17 Å². The van der Waals surface area contributed by atoms with Crippen LogP contribution in [0.25, 0.3) is 0 Å². The SMILES string of the molecule is COCc1cs[nH]c1=O. The van der Waals surface area contributed by atoms with E-state index in [0.29, 0.717) is 12.2 Å². The van der Waals surface area contributed by atoms with Crippen molar-refractivity contribution < 1.29 is 4.74 Å². The Bertz CT molecular complexity index is 227.